The van der Waals surface area contributed by atoms with Gasteiger partial charge in [0.05, 0.1) is 6.54 Å². The van der Waals surface area contributed by atoms with Crippen molar-refractivity contribution in [3.63, 3.8) is 0 Å². The van der Waals surface area contributed by atoms with Crippen molar-refractivity contribution >= 4 is 56.6 Å². The minimum absolute atomic E-state index is 0.0354. The zero-order valence-electron chi connectivity index (χ0n) is 27.1. The van der Waals surface area contributed by atoms with Crippen LogP contribution >= 0.6 is 15.2 Å². The zero-order valence-corrected chi connectivity index (χ0v) is 28.9. The molecule has 0 saturated carbocycles. The Kier molecular flexibility index (Phi) is 16.3. The van der Waals surface area contributed by atoms with Crippen molar-refractivity contribution < 1.29 is 77.9 Å². The number of nitrogens with zero attached hydrogens (tertiary/aromatic N) is 2. The van der Waals surface area contributed by atoms with E-state index < -0.39 is 74.9 Å². The Morgan fingerprint density at radius 1 is 0.804 bits per heavy atom. The van der Waals surface area contributed by atoms with Crippen molar-refractivity contribution in [1.29, 1.82) is 0 Å². The van der Waals surface area contributed by atoms with Gasteiger partial charge in [0.1, 0.15) is 0 Å². The molecule has 0 aromatic heterocycles. The highest BCUT2D eigenvalue weighted by Gasteiger charge is 2.59. The molecule has 1 atom stereocenters. The second-order valence-corrected chi connectivity index (χ2v) is 15.4. The van der Waals surface area contributed by atoms with Gasteiger partial charge in [0, 0.05) is 70.4 Å². The summed E-state index contributed by atoms with van der Waals surface area (Å²) in [6, 6.07) is 6.20. The van der Waals surface area contributed by atoms with Gasteiger partial charge in [0.15, 0.2) is 0 Å². The summed E-state index contributed by atoms with van der Waals surface area (Å²) in [5, 5.41) is 49.1. The van der Waals surface area contributed by atoms with Crippen LogP contribution < -0.4 is 21.3 Å². The summed E-state index contributed by atoms with van der Waals surface area (Å²) in [5.74, 6) is -9.10. The van der Waals surface area contributed by atoms with Crippen LogP contribution in [0.1, 0.15) is 24.8 Å². The minimum Gasteiger partial charge on any atom is -0.480 e. The lowest BCUT2D eigenvalue weighted by Crippen LogP contribution is -2.67. The third-order valence-corrected chi connectivity index (χ3v) is 11.1. The van der Waals surface area contributed by atoms with Gasteiger partial charge in [-0.3, -0.25) is 33.3 Å². The standard InChI is InChI=1S/C27H42N6O16P2/c34-20(2-1-3-21(35)31-26(50(44,45)46)51(47,48)49)30-18-6-4-17(5-7-18)14-19-15-28-8-10-32(16-22(36)37)12-13-33(11-9-29-19)27(23(38)39,24(40)41)25(42)43/h4-7,19,26,28-29H,1-3,8-16H2,(H,30,34)(H,31,35)(H,36,37)(H,38,39)(H,40,41)(H,42,43)(H2,44,45,46)(H2,47,48,49). The molecule has 0 spiro atoms. The molecule has 2 rings (SSSR count). The van der Waals surface area contributed by atoms with Gasteiger partial charge in [-0.05, 0) is 30.5 Å². The molecule has 51 heavy (non-hydrogen) atoms. The molecule has 0 aliphatic carbocycles. The predicted molar refractivity (Wildman–Crippen MR) is 175 cm³/mol. The second-order valence-electron chi connectivity index (χ2n) is 11.6. The first-order valence-corrected chi connectivity index (χ1v) is 18.7. The average molecular weight is 769 g/mol. The lowest BCUT2D eigenvalue weighted by atomic mass is 9.97. The summed E-state index contributed by atoms with van der Waals surface area (Å²) in [7, 11) is -10.7. The van der Waals surface area contributed by atoms with E-state index in [1.807, 2.05) is 0 Å². The number of nitrogens with one attached hydrogen (secondary N) is 4. The number of benzene rings is 1. The highest BCUT2D eigenvalue weighted by molar-refractivity contribution is 7.70. The van der Waals surface area contributed by atoms with E-state index in [1.165, 1.54) is 4.90 Å². The minimum atomic E-state index is -5.36. The summed E-state index contributed by atoms with van der Waals surface area (Å²) in [5.41, 5.74) is -4.87. The van der Waals surface area contributed by atoms with E-state index in [4.69, 9.17) is 19.6 Å². The topological polar surface area (TPSA) is 353 Å². The summed E-state index contributed by atoms with van der Waals surface area (Å²) in [4.78, 5) is 111. The van der Waals surface area contributed by atoms with Gasteiger partial charge in [0.25, 0.3) is 0 Å². The quantitative estimate of drug-likeness (QED) is 0.0603. The average Bonchev–Trinajstić information content (AvgIpc) is 2.98. The molecule has 1 fully saturated rings. The molecule has 1 aromatic rings. The van der Waals surface area contributed by atoms with Gasteiger partial charge < -0.3 is 61.3 Å². The van der Waals surface area contributed by atoms with Crippen molar-refractivity contribution in [2.75, 3.05) is 57.7 Å². The van der Waals surface area contributed by atoms with E-state index in [0.29, 0.717) is 25.2 Å². The van der Waals surface area contributed by atoms with Crippen LogP contribution in [0.25, 0.3) is 0 Å². The summed E-state index contributed by atoms with van der Waals surface area (Å²) in [6.45, 7) is -0.508. The summed E-state index contributed by atoms with van der Waals surface area (Å²) >= 11 is 0. The van der Waals surface area contributed by atoms with Gasteiger partial charge >= 0.3 is 44.6 Å². The molecule has 286 valence electrons. The number of hydrogen-bond acceptors (Lipinski definition) is 12. The Balaban J connectivity index is 2.05. The number of carbonyl (C=O) groups is 6. The number of hydrogen-bond donors (Lipinski definition) is 12. The van der Waals surface area contributed by atoms with Crippen LogP contribution in [0.4, 0.5) is 5.69 Å². The maximum absolute atomic E-state index is 12.4. The first kappa shape index (κ1) is 43.3. The van der Waals surface area contributed by atoms with E-state index >= 15 is 0 Å². The number of carbonyl (C=O) groups excluding carboxylic acids is 2. The summed E-state index contributed by atoms with van der Waals surface area (Å²) < 4.78 is 22.6. The molecule has 12 N–H and O–H groups in total. The van der Waals surface area contributed by atoms with Crippen LogP contribution in [0.3, 0.4) is 0 Å². The van der Waals surface area contributed by atoms with E-state index in [0.717, 1.165) is 10.5 Å². The smallest absolute Gasteiger partial charge is 0.360 e. The molecule has 22 nitrogen and oxygen atoms in total. The van der Waals surface area contributed by atoms with Crippen molar-refractivity contribution in [3.05, 3.63) is 29.8 Å². The molecule has 1 unspecified atom stereocenters. The maximum atomic E-state index is 12.4. The SMILES string of the molecule is O=C(O)CN1CCNCC(Cc2ccc(NC(=O)CCCC(=O)NC(P(=O)(O)O)P(=O)(O)O)cc2)NCCN(C(C(=O)O)(C(=O)O)C(=O)O)CC1. The molecular formula is C27H42N6O16P2. The molecule has 1 heterocycles. The molecule has 0 bridgehead atoms. The highest BCUT2D eigenvalue weighted by atomic mass is 31.2. The van der Waals surface area contributed by atoms with Gasteiger partial charge in [-0.15, -0.1) is 0 Å². The zero-order chi connectivity index (χ0) is 38.6. The van der Waals surface area contributed by atoms with E-state index in [-0.39, 0.29) is 51.6 Å². The number of anilines is 1. The van der Waals surface area contributed by atoms with Gasteiger partial charge in [-0.1, -0.05) is 12.1 Å². The van der Waals surface area contributed by atoms with Gasteiger partial charge in [-0.2, -0.15) is 0 Å². The van der Waals surface area contributed by atoms with E-state index in [1.54, 1.807) is 29.6 Å². The number of aliphatic carboxylic acids is 4. The highest BCUT2D eigenvalue weighted by Crippen LogP contribution is 2.58. The molecule has 1 aromatic carbocycles. The van der Waals surface area contributed by atoms with Crippen molar-refractivity contribution in [2.45, 2.75) is 42.8 Å². The number of carboxylic acids is 4. The fourth-order valence-electron chi connectivity index (χ4n) is 5.21. The molecule has 24 heteroatoms. The van der Waals surface area contributed by atoms with Crippen molar-refractivity contribution in [2.24, 2.45) is 0 Å². The van der Waals surface area contributed by atoms with E-state index in [2.05, 4.69) is 16.0 Å². The Morgan fingerprint density at radius 2 is 1.37 bits per heavy atom. The lowest BCUT2D eigenvalue weighted by molar-refractivity contribution is -0.179. The van der Waals surface area contributed by atoms with Gasteiger partial charge in [-0.25, -0.2) is 14.4 Å². The van der Waals surface area contributed by atoms with Crippen LogP contribution in [-0.2, 0) is 44.3 Å². The number of carboxylic acid groups (broad SMARTS) is 4. The first-order chi connectivity index (χ1) is 23.7. The third kappa shape index (κ3) is 13.3. The third-order valence-electron chi connectivity index (χ3n) is 7.71. The molecule has 1 aliphatic rings. The van der Waals surface area contributed by atoms with E-state index in [9.17, 15) is 58.3 Å². The molecule has 1 aliphatic heterocycles. The first-order valence-electron chi connectivity index (χ1n) is 15.3. The predicted octanol–water partition coefficient (Wildman–Crippen LogP) is -2.66. The summed E-state index contributed by atoms with van der Waals surface area (Å²) in [6.07, 6.45) is -0.411. The fourth-order valence-corrected chi connectivity index (χ4v) is 7.40. The normalized spacial score (nSPS) is 17.5. The van der Waals surface area contributed by atoms with Crippen LogP contribution in [0.2, 0.25) is 0 Å². The van der Waals surface area contributed by atoms with Crippen LogP contribution in [-0.4, -0.2) is 155 Å². The molecular weight excluding hydrogens is 726 g/mol. The molecule has 2 amide bonds. The van der Waals surface area contributed by atoms with Crippen LogP contribution in [0, 0.1) is 0 Å². The second kappa shape index (κ2) is 19.1. The van der Waals surface area contributed by atoms with Crippen LogP contribution in [0.15, 0.2) is 24.3 Å². The molecule has 0 radical (unpaired) electrons. The Hall–Kier alpha value is -3.82. The van der Waals surface area contributed by atoms with Crippen LogP contribution in [0.5, 0.6) is 0 Å². The lowest BCUT2D eigenvalue weighted by Gasteiger charge is -2.36. The Morgan fingerprint density at radius 3 is 1.90 bits per heavy atom. The van der Waals surface area contributed by atoms with Gasteiger partial charge in [0.2, 0.25) is 17.3 Å². The Labute approximate surface area is 290 Å². The van der Waals surface area contributed by atoms with Crippen molar-refractivity contribution in [3.8, 4) is 0 Å². The molecule has 1 saturated heterocycles. The Bertz CT molecular complexity index is 1460. The number of rotatable bonds is 16. The van der Waals surface area contributed by atoms with Crippen molar-refractivity contribution in [1.82, 2.24) is 25.8 Å². The maximum Gasteiger partial charge on any atom is 0.360 e. The largest absolute Gasteiger partial charge is 0.480 e. The monoisotopic (exact) mass is 768 g/mol. The fraction of sp³-hybridized carbons (Fsp3) is 0.556. The number of amides is 2.